The minimum absolute atomic E-state index is 0.0283. The number of pyridine rings is 2. The summed E-state index contributed by atoms with van der Waals surface area (Å²) in [5.74, 6) is -0.536. The van der Waals surface area contributed by atoms with Crippen LogP contribution < -0.4 is 10.9 Å². The van der Waals surface area contributed by atoms with Gasteiger partial charge in [0.25, 0.3) is 5.56 Å². The quantitative estimate of drug-likeness (QED) is 0.514. The van der Waals surface area contributed by atoms with E-state index in [4.69, 9.17) is 4.74 Å². The molecule has 150 valence electrons. The maximum Gasteiger partial charge on any atom is 0.340 e. The summed E-state index contributed by atoms with van der Waals surface area (Å²) in [7, 11) is 0. The van der Waals surface area contributed by atoms with Gasteiger partial charge in [-0.2, -0.15) is 0 Å². The number of aromatic nitrogens is 1. The molecule has 1 aliphatic heterocycles. The number of hydrogen-bond acceptors (Lipinski definition) is 5. The monoisotopic (exact) mass is 418 g/mol. The van der Waals surface area contributed by atoms with Crippen molar-refractivity contribution in [2.24, 2.45) is 0 Å². The number of carbonyl (C=O) groups excluding carboxylic acids is 2. The van der Waals surface area contributed by atoms with Crippen LogP contribution in [0.2, 0.25) is 0 Å². The number of thiophene rings is 1. The lowest BCUT2D eigenvalue weighted by Gasteiger charge is -2.14. The number of esters is 1. The maximum absolute atomic E-state index is 13.2. The van der Waals surface area contributed by atoms with Crippen molar-refractivity contribution in [1.82, 2.24) is 9.72 Å². The molecule has 0 radical (unpaired) electrons. The van der Waals surface area contributed by atoms with Crippen LogP contribution in [0.3, 0.4) is 0 Å². The molecule has 0 spiro atoms. The molecule has 1 aromatic carbocycles. The largest absolute Gasteiger partial charge is 0.460 e. The molecule has 0 bridgehead atoms. The standard InChI is InChI=1S/C23H18N2O4S/c26-19-7-6-16(24-19)13-29-23(28)18-12-17(14-4-2-1-3-5-14)22(27)25-10-8-15-9-11-30-21(15)20(18)25/h1-5,8-12,16H,6-7,13H2,(H,24,26)/t16-/m1/s1. The van der Waals surface area contributed by atoms with Crippen LogP contribution in [0.25, 0.3) is 26.7 Å². The van der Waals surface area contributed by atoms with Crippen molar-refractivity contribution in [3.63, 3.8) is 0 Å². The maximum atomic E-state index is 13.2. The summed E-state index contributed by atoms with van der Waals surface area (Å²) in [6, 6.07) is 14.6. The third kappa shape index (κ3) is 3.17. The van der Waals surface area contributed by atoms with E-state index in [1.807, 2.05) is 47.8 Å². The van der Waals surface area contributed by atoms with Gasteiger partial charge in [0.15, 0.2) is 0 Å². The summed E-state index contributed by atoms with van der Waals surface area (Å²) in [5.41, 5.74) is 1.87. The lowest BCUT2D eigenvalue weighted by molar-refractivity contribution is -0.119. The molecule has 6 nitrogen and oxygen atoms in total. The average molecular weight is 418 g/mol. The zero-order valence-corrected chi connectivity index (χ0v) is 16.8. The Morgan fingerprint density at radius 2 is 2.00 bits per heavy atom. The van der Waals surface area contributed by atoms with Gasteiger partial charge in [0.1, 0.15) is 6.61 Å². The minimum Gasteiger partial charge on any atom is -0.460 e. The van der Waals surface area contributed by atoms with Gasteiger partial charge in [-0.3, -0.25) is 14.0 Å². The normalized spacial score (nSPS) is 16.1. The van der Waals surface area contributed by atoms with Crippen LogP contribution >= 0.6 is 11.3 Å². The zero-order chi connectivity index (χ0) is 20.7. The molecular formula is C23H18N2O4S. The number of rotatable bonds is 4. The predicted octanol–water partition coefficient (Wildman–Crippen LogP) is 3.62. The molecule has 4 heterocycles. The Labute approximate surface area is 175 Å². The number of carbonyl (C=O) groups is 2. The van der Waals surface area contributed by atoms with Crippen LogP contribution in [0.5, 0.6) is 0 Å². The van der Waals surface area contributed by atoms with E-state index in [1.165, 1.54) is 15.7 Å². The first-order valence-corrected chi connectivity index (χ1v) is 10.6. The van der Waals surface area contributed by atoms with E-state index in [9.17, 15) is 14.4 Å². The van der Waals surface area contributed by atoms with Crippen molar-refractivity contribution in [3.05, 3.63) is 76.0 Å². The van der Waals surface area contributed by atoms with E-state index in [1.54, 1.807) is 12.3 Å². The van der Waals surface area contributed by atoms with Crippen molar-refractivity contribution in [1.29, 1.82) is 0 Å². The van der Waals surface area contributed by atoms with Gasteiger partial charge in [0, 0.05) is 18.2 Å². The molecule has 1 atom stereocenters. The van der Waals surface area contributed by atoms with Crippen LogP contribution in [0.4, 0.5) is 0 Å². The second-order valence-electron chi connectivity index (χ2n) is 7.28. The van der Waals surface area contributed by atoms with Gasteiger partial charge >= 0.3 is 5.97 Å². The molecule has 5 rings (SSSR count). The van der Waals surface area contributed by atoms with E-state index in [0.717, 1.165) is 15.6 Å². The molecule has 1 N–H and O–H groups in total. The van der Waals surface area contributed by atoms with E-state index < -0.39 is 5.97 Å². The number of hydrogen-bond donors (Lipinski definition) is 1. The first kappa shape index (κ1) is 18.6. The highest BCUT2D eigenvalue weighted by molar-refractivity contribution is 7.18. The number of fused-ring (bicyclic) bond motifs is 3. The first-order valence-electron chi connectivity index (χ1n) is 9.69. The number of ether oxygens (including phenoxy) is 1. The van der Waals surface area contributed by atoms with E-state index in [0.29, 0.717) is 29.5 Å². The van der Waals surface area contributed by atoms with E-state index >= 15 is 0 Å². The molecule has 30 heavy (non-hydrogen) atoms. The minimum atomic E-state index is -0.508. The Morgan fingerprint density at radius 3 is 2.77 bits per heavy atom. The van der Waals surface area contributed by atoms with Crippen molar-refractivity contribution >= 4 is 38.8 Å². The van der Waals surface area contributed by atoms with Gasteiger partial charge in [0.2, 0.25) is 5.91 Å². The fraction of sp³-hybridized carbons (Fsp3) is 0.174. The number of nitrogens with one attached hydrogen (secondary N) is 1. The molecule has 0 saturated carbocycles. The predicted molar refractivity (Wildman–Crippen MR) is 116 cm³/mol. The van der Waals surface area contributed by atoms with E-state index in [2.05, 4.69) is 5.32 Å². The van der Waals surface area contributed by atoms with Gasteiger partial charge < -0.3 is 10.1 Å². The Hall–Kier alpha value is -3.45. The molecule has 1 aliphatic rings. The SMILES string of the molecule is O=C1CC[C@H](COC(=O)c2cc(-c3ccccc3)c(=O)n3ccc4ccsc4c23)N1. The van der Waals surface area contributed by atoms with Gasteiger partial charge in [0.05, 0.1) is 21.8 Å². The lowest BCUT2D eigenvalue weighted by Crippen LogP contribution is -2.31. The van der Waals surface area contributed by atoms with Crippen molar-refractivity contribution < 1.29 is 14.3 Å². The van der Waals surface area contributed by atoms with Crippen molar-refractivity contribution in [2.45, 2.75) is 18.9 Å². The lowest BCUT2D eigenvalue weighted by atomic mass is 10.0. The molecule has 3 aromatic heterocycles. The van der Waals surface area contributed by atoms with Crippen LogP contribution in [-0.2, 0) is 9.53 Å². The molecule has 1 amide bonds. The number of nitrogens with zero attached hydrogens (tertiary/aromatic N) is 1. The highest BCUT2D eigenvalue weighted by Crippen LogP contribution is 2.29. The molecular weight excluding hydrogens is 400 g/mol. The smallest absolute Gasteiger partial charge is 0.340 e. The highest BCUT2D eigenvalue weighted by Gasteiger charge is 2.24. The Kier molecular flexibility index (Phi) is 4.59. The van der Waals surface area contributed by atoms with Crippen LogP contribution in [-0.4, -0.2) is 28.9 Å². The topological polar surface area (TPSA) is 76.9 Å². The fourth-order valence-corrected chi connectivity index (χ4v) is 4.79. The van der Waals surface area contributed by atoms with Gasteiger partial charge in [-0.05, 0) is 40.9 Å². The first-order chi connectivity index (χ1) is 14.6. The fourth-order valence-electron chi connectivity index (χ4n) is 3.84. The Balaban J connectivity index is 1.65. The van der Waals surface area contributed by atoms with Gasteiger partial charge in [-0.25, -0.2) is 4.79 Å². The van der Waals surface area contributed by atoms with Gasteiger partial charge in [-0.15, -0.1) is 11.3 Å². The Bertz CT molecular complexity index is 1340. The molecule has 1 fully saturated rings. The highest BCUT2D eigenvalue weighted by atomic mass is 32.1. The summed E-state index contributed by atoms with van der Waals surface area (Å²) in [5, 5.41) is 5.70. The summed E-state index contributed by atoms with van der Waals surface area (Å²) in [6.07, 6.45) is 2.79. The van der Waals surface area contributed by atoms with Crippen LogP contribution in [0.1, 0.15) is 23.2 Å². The summed E-state index contributed by atoms with van der Waals surface area (Å²) >= 11 is 1.48. The number of benzene rings is 1. The third-order valence-corrected chi connectivity index (χ3v) is 6.29. The van der Waals surface area contributed by atoms with Crippen molar-refractivity contribution in [2.75, 3.05) is 6.61 Å². The van der Waals surface area contributed by atoms with Crippen LogP contribution in [0, 0.1) is 0 Å². The average Bonchev–Trinajstić information content (AvgIpc) is 3.41. The second-order valence-corrected chi connectivity index (χ2v) is 8.20. The van der Waals surface area contributed by atoms with Crippen molar-refractivity contribution in [3.8, 4) is 11.1 Å². The van der Waals surface area contributed by atoms with Crippen LogP contribution in [0.15, 0.2) is 64.9 Å². The summed E-state index contributed by atoms with van der Waals surface area (Å²) < 4.78 is 7.94. The third-order valence-electron chi connectivity index (χ3n) is 5.35. The number of amides is 1. The van der Waals surface area contributed by atoms with E-state index in [-0.39, 0.29) is 24.1 Å². The molecule has 4 aromatic rings. The second kappa shape index (κ2) is 7.42. The zero-order valence-electron chi connectivity index (χ0n) is 16.0. The summed E-state index contributed by atoms with van der Waals surface area (Å²) in [6.45, 7) is 0.108. The van der Waals surface area contributed by atoms with Gasteiger partial charge in [-0.1, -0.05) is 30.3 Å². The molecule has 1 saturated heterocycles. The molecule has 7 heteroatoms. The molecule has 0 unspecified atom stereocenters. The summed E-state index contributed by atoms with van der Waals surface area (Å²) in [4.78, 5) is 37.8. The Morgan fingerprint density at radius 1 is 1.17 bits per heavy atom. The molecule has 0 aliphatic carbocycles.